The minimum Gasteiger partial charge on any atom is -0.458 e. The molecule has 6 nitrogen and oxygen atoms in total. The Hall–Kier alpha value is -0.540. The van der Waals surface area contributed by atoms with E-state index in [1.54, 1.807) is 69.9 Å². The van der Waals surface area contributed by atoms with Crippen molar-refractivity contribution in [2.45, 2.75) is 52.9 Å². The smallest absolute Gasteiger partial charge is 0.310 e. The number of hydrogen-bond acceptors (Lipinski definition) is 9. The first-order valence-corrected chi connectivity index (χ1v) is 13.8. The number of carbonyl (C=O) groups is 3. The quantitative estimate of drug-likeness (QED) is 0.280. The van der Waals surface area contributed by atoms with Crippen LogP contribution < -0.4 is 0 Å². The van der Waals surface area contributed by atoms with Crippen molar-refractivity contribution in [3.63, 3.8) is 0 Å². The van der Waals surface area contributed by atoms with Gasteiger partial charge in [-0.25, -0.2) is 0 Å². The molecular formula is C20H36O6S3. The van der Waals surface area contributed by atoms with E-state index in [1.807, 2.05) is 18.8 Å². The maximum Gasteiger partial charge on any atom is 0.310 e. The average molecular weight is 469 g/mol. The molecule has 5 unspecified atom stereocenters. The van der Waals surface area contributed by atoms with Gasteiger partial charge < -0.3 is 14.2 Å². The second-order valence-corrected chi connectivity index (χ2v) is 9.99. The van der Waals surface area contributed by atoms with Gasteiger partial charge in [0.25, 0.3) is 0 Å². The summed E-state index contributed by atoms with van der Waals surface area (Å²) in [5.74, 6) is -0.108. The molecule has 0 aromatic carbocycles. The molecule has 0 aromatic heterocycles. The van der Waals surface area contributed by atoms with Crippen LogP contribution in [0.3, 0.4) is 0 Å². The van der Waals surface area contributed by atoms with Crippen LogP contribution in [-0.2, 0) is 28.6 Å². The number of thioether (sulfide) groups is 3. The normalized spacial score (nSPS) is 17.4. The summed E-state index contributed by atoms with van der Waals surface area (Å²) >= 11 is 4.66. The predicted molar refractivity (Wildman–Crippen MR) is 124 cm³/mol. The van der Waals surface area contributed by atoms with E-state index in [4.69, 9.17) is 14.2 Å². The van der Waals surface area contributed by atoms with Crippen molar-refractivity contribution in [1.29, 1.82) is 0 Å². The maximum absolute atomic E-state index is 12.5. The summed E-state index contributed by atoms with van der Waals surface area (Å²) in [6.45, 7) is 8.69. The molecule has 29 heavy (non-hydrogen) atoms. The fraction of sp³-hybridized carbons (Fsp3) is 0.850. The van der Waals surface area contributed by atoms with E-state index in [9.17, 15) is 14.4 Å². The highest BCUT2D eigenvalue weighted by atomic mass is 32.2. The molecule has 0 N–H and O–H groups in total. The molecule has 0 fully saturated rings. The van der Waals surface area contributed by atoms with E-state index >= 15 is 0 Å². The third kappa shape index (κ3) is 10.9. The Morgan fingerprint density at radius 1 is 0.586 bits per heavy atom. The first-order chi connectivity index (χ1) is 13.6. The Balaban J connectivity index is 5.28. The minimum absolute atomic E-state index is 0.279. The molecule has 0 spiro atoms. The van der Waals surface area contributed by atoms with Gasteiger partial charge in [0.1, 0.15) is 12.2 Å². The van der Waals surface area contributed by atoms with Crippen LogP contribution in [0.4, 0.5) is 0 Å². The molecule has 0 saturated carbocycles. The monoisotopic (exact) mass is 468 g/mol. The lowest BCUT2D eigenvalue weighted by molar-refractivity contribution is -0.186. The Morgan fingerprint density at radius 3 is 1.14 bits per heavy atom. The third-order valence-corrected chi connectivity index (χ3v) is 6.74. The second kappa shape index (κ2) is 15.3. The van der Waals surface area contributed by atoms with Gasteiger partial charge in [-0.3, -0.25) is 14.4 Å². The first-order valence-electron chi connectivity index (χ1n) is 9.67. The summed E-state index contributed by atoms with van der Waals surface area (Å²) in [5.41, 5.74) is 0. The van der Waals surface area contributed by atoms with E-state index in [0.717, 1.165) is 0 Å². The van der Waals surface area contributed by atoms with Gasteiger partial charge >= 0.3 is 17.9 Å². The molecule has 0 radical (unpaired) electrons. The lowest BCUT2D eigenvalue weighted by Gasteiger charge is -2.30. The van der Waals surface area contributed by atoms with Crippen LogP contribution in [0.1, 0.15) is 34.6 Å². The van der Waals surface area contributed by atoms with Gasteiger partial charge in [0.05, 0.1) is 17.8 Å². The van der Waals surface area contributed by atoms with E-state index in [0.29, 0.717) is 17.3 Å². The number of esters is 3. The molecule has 170 valence electrons. The van der Waals surface area contributed by atoms with E-state index in [-0.39, 0.29) is 29.7 Å². The maximum atomic E-state index is 12.5. The molecule has 9 heteroatoms. The van der Waals surface area contributed by atoms with Gasteiger partial charge in [-0.2, -0.15) is 35.3 Å². The van der Waals surface area contributed by atoms with Gasteiger partial charge in [-0.1, -0.05) is 20.8 Å². The molecule has 0 heterocycles. The predicted octanol–water partition coefficient (Wildman–Crippen LogP) is 3.76. The number of hydrogen-bond donors (Lipinski definition) is 0. The van der Waals surface area contributed by atoms with Crippen LogP contribution in [-0.4, -0.2) is 72.2 Å². The highest BCUT2D eigenvalue weighted by Crippen LogP contribution is 2.19. The summed E-state index contributed by atoms with van der Waals surface area (Å²) in [7, 11) is 0. The number of carbonyl (C=O) groups excluding carboxylic acids is 3. The summed E-state index contributed by atoms with van der Waals surface area (Å²) in [4.78, 5) is 37.1. The van der Waals surface area contributed by atoms with Crippen molar-refractivity contribution in [1.82, 2.24) is 0 Å². The molecule has 0 amide bonds. The standard InChI is InChI=1S/C20H36O6S3/c1-12(9-27-6)18(21)24-15(4)17(26-20(23)14(3)11-29-8)16(5)25-19(22)13(2)10-28-7/h12-17H,9-11H2,1-8H3. The molecule has 0 saturated heterocycles. The highest BCUT2D eigenvalue weighted by Gasteiger charge is 2.35. The summed E-state index contributed by atoms with van der Waals surface area (Å²) in [6.07, 6.45) is 3.40. The van der Waals surface area contributed by atoms with Crippen molar-refractivity contribution >= 4 is 53.2 Å². The zero-order valence-corrected chi connectivity index (χ0v) is 21.2. The summed E-state index contributed by atoms with van der Waals surface area (Å²) < 4.78 is 16.7. The van der Waals surface area contributed by atoms with Crippen LogP contribution >= 0.6 is 35.3 Å². The van der Waals surface area contributed by atoms with Crippen molar-refractivity contribution in [2.75, 3.05) is 36.0 Å². The largest absolute Gasteiger partial charge is 0.458 e. The lowest BCUT2D eigenvalue weighted by Crippen LogP contribution is -2.45. The first kappa shape index (κ1) is 28.5. The van der Waals surface area contributed by atoms with E-state index < -0.39 is 24.3 Å². The molecule has 5 atom stereocenters. The summed E-state index contributed by atoms with van der Waals surface area (Å²) in [6, 6.07) is 0. The Labute approximate surface area is 188 Å². The fourth-order valence-electron chi connectivity index (χ4n) is 2.51. The minimum atomic E-state index is -0.873. The van der Waals surface area contributed by atoms with Gasteiger partial charge in [0.2, 0.25) is 0 Å². The highest BCUT2D eigenvalue weighted by molar-refractivity contribution is 7.99. The van der Waals surface area contributed by atoms with E-state index in [2.05, 4.69) is 0 Å². The number of rotatable bonds is 14. The van der Waals surface area contributed by atoms with Crippen molar-refractivity contribution in [2.24, 2.45) is 17.8 Å². The van der Waals surface area contributed by atoms with Crippen LogP contribution in [0.2, 0.25) is 0 Å². The van der Waals surface area contributed by atoms with Gasteiger partial charge in [-0.05, 0) is 32.6 Å². The fourth-order valence-corrected chi connectivity index (χ4v) is 4.42. The zero-order valence-electron chi connectivity index (χ0n) is 18.8. The lowest BCUT2D eigenvalue weighted by atomic mass is 10.1. The molecule has 0 aromatic rings. The summed E-state index contributed by atoms with van der Waals surface area (Å²) in [5, 5.41) is 0. The third-order valence-electron chi connectivity index (χ3n) is 4.24. The van der Waals surface area contributed by atoms with Crippen LogP contribution in [0.15, 0.2) is 0 Å². The van der Waals surface area contributed by atoms with Gasteiger partial charge in [0, 0.05) is 17.3 Å². The van der Waals surface area contributed by atoms with Gasteiger partial charge in [-0.15, -0.1) is 0 Å². The second-order valence-electron chi connectivity index (χ2n) is 7.25. The van der Waals surface area contributed by atoms with E-state index in [1.165, 1.54) is 0 Å². The SMILES string of the molecule is CSCC(C)C(=O)OC(C)C(OC(=O)C(C)CSC)C(C)OC(=O)C(C)CSC. The molecule has 0 aliphatic carbocycles. The zero-order chi connectivity index (χ0) is 22.6. The molecular weight excluding hydrogens is 432 g/mol. The van der Waals surface area contributed by atoms with Crippen LogP contribution in [0.25, 0.3) is 0 Å². The Morgan fingerprint density at radius 2 is 0.862 bits per heavy atom. The molecule has 0 aliphatic heterocycles. The Bertz CT molecular complexity index is 484. The Kier molecular flexibility index (Phi) is 15.0. The average Bonchev–Trinajstić information content (AvgIpc) is 2.65. The van der Waals surface area contributed by atoms with Gasteiger partial charge in [0.15, 0.2) is 6.10 Å². The topological polar surface area (TPSA) is 78.9 Å². The van der Waals surface area contributed by atoms with Crippen molar-refractivity contribution in [3.8, 4) is 0 Å². The number of ether oxygens (including phenoxy) is 3. The van der Waals surface area contributed by atoms with Crippen LogP contribution in [0, 0.1) is 17.8 Å². The van der Waals surface area contributed by atoms with Crippen molar-refractivity contribution in [3.05, 3.63) is 0 Å². The van der Waals surface area contributed by atoms with Crippen molar-refractivity contribution < 1.29 is 28.6 Å². The molecule has 0 bridgehead atoms. The van der Waals surface area contributed by atoms with Crippen LogP contribution in [0.5, 0.6) is 0 Å². The molecule has 0 aliphatic rings. The molecule has 0 rings (SSSR count).